The summed E-state index contributed by atoms with van der Waals surface area (Å²) in [6.07, 6.45) is 2.56. The van der Waals surface area contributed by atoms with Gasteiger partial charge in [0.25, 0.3) is 5.91 Å². The molecule has 2 unspecified atom stereocenters. The highest BCUT2D eigenvalue weighted by molar-refractivity contribution is 6.04. The summed E-state index contributed by atoms with van der Waals surface area (Å²) in [5, 5.41) is 14.3. The monoisotopic (exact) mass is 448 g/mol. The van der Waals surface area contributed by atoms with E-state index in [1.807, 2.05) is 11.0 Å². The molecule has 0 radical (unpaired) electrons. The second kappa shape index (κ2) is 10.1. The maximum Gasteiger partial charge on any atom is 0.256 e. The number of piperazine rings is 1. The average Bonchev–Trinajstić information content (AvgIpc) is 2.84. The van der Waals surface area contributed by atoms with Crippen molar-refractivity contribution in [1.82, 2.24) is 4.90 Å². The highest BCUT2D eigenvalue weighted by atomic mass is 16.4. The van der Waals surface area contributed by atoms with Crippen LogP contribution in [0.1, 0.15) is 41.6 Å². The number of hydrogen-bond donors (Lipinski definition) is 1. The second-order valence-electron chi connectivity index (χ2n) is 8.97. The van der Waals surface area contributed by atoms with Crippen LogP contribution in [-0.2, 0) is 9.59 Å². The molecular formula is C26H30N3O4-. The molecule has 4 rings (SSSR count). The van der Waals surface area contributed by atoms with E-state index < -0.39 is 17.8 Å². The number of carbonyl (C=O) groups excluding carboxylic acids is 3. The lowest BCUT2D eigenvalue weighted by atomic mass is 9.78. The first-order chi connectivity index (χ1) is 15.9. The Labute approximate surface area is 194 Å². The third-order valence-corrected chi connectivity index (χ3v) is 6.75. The Morgan fingerprint density at radius 3 is 2.30 bits per heavy atom. The van der Waals surface area contributed by atoms with Gasteiger partial charge in [0.2, 0.25) is 5.91 Å². The van der Waals surface area contributed by atoms with Gasteiger partial charge in [0, 0.05) is 49.7 Å². The number of amides is 2. The quantitative estimate of drug-likeness (QED) is 0.759. The normalized spacial score (nSPS) is 20.9. The zero-order chi connectivity index (χ0) is 23.4. The van der Waals surface area contributed by atoms with Crippen molar-refractivity contribution in [3.05, 3.63) is 59.7 Å². The maximum absolute atomic E-state index is 13.3. The zero-order valence-corrected chi connectivity index (χ0v) is 19.0. The number of carboxylic acid groups (broad SMARTS) is 1. The van der Waals surface area contributed by atoms with E-state index in [-0.39, 0.29) is 11.8 Å². The van der Waals surface area contributed by atoms with E-state index in [2.05, 4.69) is 35.3 Å². The van der Waals surface area contributed by atoms with E-state index in [9.17, 15) is 19.5 Å². The Balaban J connectivity index is 1.43. The summed E-state index contributed by atoms with van der Waals surface area (Å²) in [5.74, 6) is -3.07. The fourth-order valence-electron chi connectivity index (χ4n) is 4.89. The fourth-order valence-corrected chi connectivity index (χ4v) is 4.89. The van der Waals surface area contributed by atoms with E-state index in [1.165, 1.54) is 5.56 Å². The minimum Gasteiger partial charge on any atom is -0.550 e. The van der Waals surface area contributed by atoms with Crippen LogP contribution in [0.5, 0.6) is 0 Å². The smallest absolute Gasteiger partial charge is 0.256 e. The Morgan fingerprint density at radius 2 is 1.61 bits per heavy atom. The summed E-state index contributed by atoms with van der Waals surface area (Å²) in [7, 11) is 0. The number of hydrogen-bond acceptors (Lipinski definition) is 5. The predicted octanol–water partition coefficient (Wildman–Crippen LogP) is 2.45. The molecule has 1 aliphatic heterocycles. The molecule has 2 atom stereocenters. The molecule has 0 bridgehead atoms. The van der Waals surface area contributed by atoms with Gasteiger partial charge < -0.3 is 25.0 Å². The molecule has 2 fully saturated rings. The molecule has 7 nitrogen and oxygen atoms in total. The lowest BCUT2D eigenvalue weighted by Crippen LogP contribution is -2.49. The molecule has 2 aromatic rings. The van der Waals surface area contributed by atoms with Gasteiger partial charge >= 0.3 is 0 Å². The minimum atomic E-state index is -1.18. The summed E-state index contributed by atoms with van der Waals surface area (Å²) >= 11 is 0. The van der Waals surface area contributed by atoms with Crippen molar-refractivity contribution in [3.63, 3.8) is 0 Å². The third-order valence-electron chi connectivity index (χ3n) is 6.75. The second-order valence-corrected chi connectivity index (χ2v) is 8.97. The first-order valence-corrected chi connectivity index (χ1v) is 11.7. The van der Waals surface area contributed by atoms with E-state index >= 15 is 0 Å². The average molecular weight is 449 g/mol. The van der Waals surface area contributed by atoms with E-state index in [0.717, 1.165) is 31.6 Å². The highest BCUT2D eigenvalue weighted by Gasteiger charge is 2.32. The molecule has 2 aliphatic rings. The minimum absolute atomic E-state index is 0.130. The summed E-state index contributed by atoms with van der Waals surface area (Å²) in [6.45, 7) is 4.71. The number of anilines is 2. The van der Waals surface area contributed by atoms with Gasteiger partial charge in [0.1, 0.15) is 0 Å². The molecule has 1 aliphatic carbocycles. The summed E-state index contributed by atoms with van der Waals surface area (Å²) in [4.78, 5) is 41.8. The number of para-hydroxylation sites is 1. The molecule has 0 aromatic heterocycles. The molecule has 174 valence electrons. The number of nitrogens with zero attached hydrogens (tertiary/aromatic N) is 2. The van der Waals surface area contributed by atoms with Crippen molar-refractivity contribution in [2.75, 3.05) is 36.4 Å². The van der Waals surface area contributed by atoms with Gasteiger partial charge in [-0.1, -0.05) is 37.1 Å². The van der Waals surface area contributed by atoms with Gasteiger partial charge in [-0.15, -0.1) is 0 Å². The zero-order valence-electron chi connectivity index (χ0n) is 19.0. The van der Waals surface area contributed by atoms with Gasteiger partial charge in [0.15, 0.2) is 0 Å². The van der Waals surface area contributed by atoms with Gasteiger partial charge in [-0.3, -0.25) is 9.59 Å². The third kappa shape index (κ3) is 5.18. The van der Waals surface area contributed by atoms with Gasteiger partial charge in [0.05, 0.1) is 11.3 Å². The number of carboxylic acids is 1. The molecule has 1 N–H and O–H groups in total. The number of rotatable bonds is 5. The molecule has 1 heterocycles. The topological polar surface area (TPSA) is 92.8 Å². The van der Waals surface area contributed by atoms with Gasteiger partial charge in [-0.05, 0) is 49.6 Å². The Bertz CT molecular complexity index is 1030. The van der Waals surface area contributed by atoms with Crippen molar-refractivity contribution in [1.29, 1.82) is 0 Å². The van der Waals surface area contributed by atoms with Crippen LogP contribution in [0.25, 0.3) is 0 Å². The lowest BCUT2D eigenvalue weighted by molar-refractivity contribution is -0.313. The van der Waals surface area contributed by atoms with Crippen LogP contribution < -0.4 is 15.3 Å². The molecule has 2 aromatic carbocycles. The molecule has 33 heavy (non-hydrogen) atoms. The van der Waals surface area contributed by atoms with Gasteiger partial charge in [-0.25, -0.2) is 0 Å². The van der Waals surface area contributed by atoms with Gasteiger partial charge in [-0.2, -0.15) is 0 Å². The molecular weight excluding hydrogens is 418 g/mol. The lowest BCUT2D eigenvalue weighted by Gasteiger charge is -2.36. The van der Waals surface area contributed by atoms with Crippen LogP contribution >= 0.6 is 0 Å². The van der Waals surface area contributed by atoms with Crippen LogP contribution in [0.2, 0.25) is 0 Å². The number of benzene rings is 2. The van der Waals surface area contributed by atoms with Crippen LogP contribution in [0.3, 0.4) is 0 Å². The van der Waals surface area contributed by atoms with Crippen molar-refractivity contribution in [2.45, 2.75) is 32.6 Å². The van der Waals surface area contributed by atoms with Crippen molar-refractivity contribution in [2.24, 2.45) is 11.8 Å². The number of nitrogens with one attached hydrogen (secondary N) is 1. The Morgan fingerprint density at radius 1 is 0.909 bits per heavy atom. The van der Waals surface area contributed by atoms with Crippen molar-refractivity contribution >= 4 is 29.2 Å². The Hall–Kier alpha value is -3.35. The van der Waals surface area contributed by atoms with Crippen LogP contribution in [0.4, 0.5) is 11.4 Å². The fraction of sp³-hybridized carbons (Fsp3) is 0.423. The largest absolute Gasteiger partial charge is 0.550 e. The standard InChI is InChI=1S/C26H31N3O4/c1-18-7-6-8-19(17-18)28-13-15-29(16-14-28)25(31)22-11-4-5-12-23(22)27-24(30)20-9-2-3-10-21(20)26(32)33/h4-8,11-12,17,20-21H,2-3,9-10,13-16H2,1H3,(H,27,30)(H,32,33)/p-1. The SMILES string of the molecule is Cc1cccc(N2CCN(C(=O)c3ccccc3NC(=O)C3CCCCC3C(=O)[O-])CC2)c1. The molecule has 1 saturated heterocycles. The number of aliphatic carboxylic acids is 1. The molecule has 1 saturated carbocycles. The maximum atomic E-state index is 13.3. The highest BCUT2D eigenvalue weighted by Crippen LogP contribution is 2.31. The van der Waals surface area contributed by atoms with Crippen molar-refractivity contribution < 1.29 is 19.5 Å². The molecule has 7 heteroatoms. The first kappa shape index (κ1) is 22.8. The van der Waals surface area contributed by atoms with E-state index in [0.29, 0.717) is 37.2 Å². The first-order valence-electron chi connectivity index (χ1n) is 11.7. The van der Waals surface area contributed by atoms with E-state index in [1.54, 1.807) is 24.3 Å². The van der Waals surface area contributed by atoms with Crippen LogP contribution in [0.15, 0.2) is 48.5 Å². The summed E-state index contributed by atoms with van der Waals surface area (Å²) < 4.78 is 0. The van der Waals surface area contributed by atoms with E-state index in [4.69, 9.17) is 0 Å². The summed E-state index contributed by atoms with van der Waals surface area (Å²) in [6, 6.07) is 15.3. The number of aryl methyl sites for hydroxylation is 1. The van der Waals surface area contributed by atoms with Crippen LogP contribution in [0, 0.1) is 18.8 Å². The van der Waals surface area contributed by atoms with Crippen molar-refractivity contribution in [3.8, 4) is 0 Å². The molecule has 0 spiro atoms. The molecule has 2 amide bonds. The predicted molar refractivity (Wildman–Crippen MR) is 125 cm³/mol. The summed E-state index contributed by atoms with van der Waals surface area (Å²) in [5.41, 5.74) is 3.21. The van der Waals surface area contributed by atoms with Crippen LogP contribution in [-0.4, -0.2) is 48.9 Å². The number of carbonyl (C=O) groups is 3. The Kier molecular flexibility index (Phi) is 6.96.